The minimum absolute atomic E-state index is 0.0377. The monoisotopic (exact) mass is 436 g/mol. The van der Waals surface area contributed by atoms with Crippen LogP contribution in [0.25, 0.3) is 0 Å². The predicted molar refractivity (Wildman–Crippen MR) is 114 cm³/mol. The highest BCUT2D eigenvalue weighted by Gasteiger charge is 2.35. The molecule has 2 aliphatic rings. The number of esters is 1. The van der Waals surface area contributed by atoms with Gasteiger partial charge in [0.2, 0.25) is 0 Å². The Morgan fingerprint density at radius 3 is 2.22 bits per heavy atom. The van der Waals surface area contributed by atoms with Crippen LogP contribution in [0.5, 0.6) is 0 Å². The van der Waals surface area contributed by atoms with E-state index in [9.17, 15) is 19.2 Å². The second-order valence-electron chi connectivity index (χ2n) is 8.07. The van der Waals surface area contributed by atoms with E-state index in [-0.39, 0.29) is 48.6 Å². The number of imide groups is 1. The van der Waals surface area contributed by atoms with Crippen molar-refractivity contribution in [2.75, 3.05) is 19.7 Å². The topological polar surface area (TPSA) is 93.2 Å². The number of amides is 3. The number of hydrogen-bond donors (Lipinski definition) is 0. The molecule has 1 fully saturated rings. The van der Waals surface area contributed by atoms with Crippen LogP contribution >= 0.6 is 0 Å². The van der Waals surface area contributed by atoms with E-state index in [2.05, 4.69) is 0 Å². The van der Waals surface area contributed by atoms with Gasteiger partial charge in [-0.25, -0.2) is 4.79 Å². The minimum atomic E-state index is -0.642. The van der Waals surface area contributed by atoms with Crippen molar-refractivity contribution < 1.29 is 28.7 Å². The first-order chi connectivity index (χ1) is 15.3. The fourth-order valence-electron chi connectivity index (χ4n) is 4.05. The fourth-order valence-corrected chi connectivity index (χ4v) is 4.05. The van der Waals surface area contributed by atoms with Crippen molar-refractivity contribution >= 4 is 23.7 Å². The third-order valence-electron chi connectivity index (χ3n) is 5.48. The standard InChI is InChI=1S/C24H24N2O6/c1-15-11-25(12-16(2)32-15)21(27)14-31-24(30)18-7-5-6-17(10-18)13-26-22(28)19-8-3-4-9-20(19)23(26)29/h3-10,15-16H,11-14H2,1-2H3/t15-,16-/m0/s1. The van der Waals surface area contributed by atoms with Crippen molar-refractivity contribution in [1.82, 2.24) is 9.80 Å². The molecule has 2 aliphatic heterocycles. The Morgan fingerprint density at radius 1 is 0.969 bits per heavy atom. The number of carbonyl (C=O) groups is 4. The number of carbonyl (C=O) groups excluding carboxylic acids is 4. The molecule has 0 unspecified atom stereocenters. The molecule has 2 heterocycles. The van der Waals surface area contributed by atoms with E-state index in [1.807, 2.05) is 13.8 Å². The normalized spacial score (nSPS) is 20.3. The van der Waals surface area contributed by atoms with E-state index in [4.69, 9.17) is 9.47 Å². The summed E-state index contributed by atoms with van der Waals surface area (Å²) in [4.78, 5) is 52.8. The van der Waals surface area contributed by atoms with Gasteiger partial charge >= 0.3 is 5.97 Å². The minimum Gasteiger partial charge on any atom is -0.452 e. The van der Waals surface area contributed by atoms with E-state index >= 15 is 0 Å². The van der Waals surface area contributed by atoms with Gasteiger partial charge in [-0.15, -0.1) is 0 Å². The first kappa shape index (κ1) is 21.7. The number of rotatable bonds is 5. The van der Waals surface area contributed by atoms with Gasteiger partial charge in [-0.05, 0) is 43.7 Å². The van der Waals surface area contributed by atoms with E-state index in [0.29, 0.717) is 29.8 Å². The Hall–Kier alpha value is -3.52. The highest BCUT2D eigenvalue weighted by molar-refractivity contribution is 6.21. The lowest BCUT2D eigenvalue weighted by atomic mass is 10.1. The van der Waals surface area contributed by atoms with Gasteiger partial charge in [-0.1, -0.05) is 24.3 Å². The van der Waals surface area contributed by atoms with Gasteiger partial charge in [0.1, 0.15) is 0 Å². The van der Waals surface area contributed by atoms with E-state index in [0.717, 1.165) is 4.90 Å². The van der Waals surface area contributed by atoms with Crippen LogP contribution in [-0.2, 0) is 20.8 Å². The van der Waals surface area contributed by atoms with E-state index in [1.54, 1.807) is 53.4 Å². The molecule has 0 radical (unpaired) electrons. The molecule has 8 heteroatoms. The van der Waals surface area contributed by atoms with Gasteiger partial charge in [0.05, 0.1) is 35.4 Å². The van der Waals surface area contributed by atoms with Crippen LogP contribution in [0, 0.1) is 0 Å². The summed E-state index contributed by atoms with van der Waals surface area (Å²) in [6.45, 7) is 4.37. The molecule has 0 bridgehead atoms. The lowest BCUT2D eigenvalue weighted by molar-refractivity contribution is -0.146. The molecule has 0 spiro atoms. The van der Waals surface area contributed by atoms with Crippen molar-refractivity contribution in [3.05, 3.63) is 70.8 Å². The smallest absolute Gasteiger partial charge is 0.338 e. The zero-order valence-electron chi connectivity index (χ0n) is 17.9. The summed E-state index contributed by atoms with van der Waals surface area (Å²) < 4.78 is 10.8. The van der Waals surface area contributed by atoms with Crippen LogP contribution in [-0.4, -0.2) is 65.4 Å². The second-order valence-corrected chi connectivity index (χ2v) is 8.07. The molecule has 3 amide bonds. The molecule has 0 saturated carbocycles. The van der Waals surface area contributed by atoms with Crippen molar-refractivity contribution in [3.8, 4) is 0 Å². The van der Waals surface area contributed by atoms with Crippen molar-refractivity contribution in [3.63, 3.8) is 0 Å². The maximum Gasteiger partial charge on any atom is 0.338 e. The number of ether oxygens (including phenoxy) is 2. The molecular formula is C24H24N2O6. The Bertz CT molecular complexity index is 1040. The van der Waals surface area contributed by atoms with Crippen LogP contribution in [0.3, 0.4) is 0 Å². The number of nitrogens with zero attached hydrogens (tertiary/aromatic N) is 2. The van der Waals surface area contributed by atoms with Crippen LogP contribution in [0.1, 0.15) is 50.5 Å². The third-order valence-corrected chi connectivity index (χ3v) is 5.48. The molecule has 0 aromatic heterocycles. The van der Waals surface area contributed by atoms with E-state index < -0.39 is 5.97 Å². The molecule has 32 heavy (non-hydrogen) atoms. The first-order valence-electron chi connectivity index (χ1n) is 10.5. The van der Waals surface area contributed by atoms with E-state index in [1.165, 1.54) is 0 Å². The lowest BCUT2D eigenvalue weighted by Gasteiger charge is -2.35. The van der Waals surface area contributed by atoms with Crippen LogP contribution < -0.4 is 0 Å². The van der Waals surface area contributed by atoms with Crippen molar-refractivity contribution in [2.45, 2.75) is 32.6 Å². The molecule has 2 atom stereocenters. The van der Waals surface area contributed by atoms with Gasteiger partial charge in [-0.3, -0.25) is 19.3 Å². The molecule has 2 aromatic carbocycles. The summed E-state index contributed by atoms with van der Waals surface area (Å²) >= 11 is 0. The van der Waals surface area contributed by atoms with Crippen molar-refractivity contribution in [2.24, 2.45) is 0 Å². The molecule has 1 saturated heterocycles. The number of hydrogen-bond acceptors (Lipinski definition) is 6. The van der Waals surface area contributed by atoms with Crippen LogP contribution in [0.15, 0.2) is 48.5 Å². The molecule has 4 rings (SSSR count). The van der Waals surface area contributed by atoms with Gasteiger partial charge in [0.25, 0.3) is 17.7 Å². The quantitative estimate of drug-likeness (QED) is 0.527. The summed E-state index contributed by atoms with van der Waals surface area (Å²) in [5.74, 6) is -1.64. The maximum absolute atomic E-state index is 12.6. The molecule has 0 aliphatic carbocycles. The lowest BCUT2D eigenvalue weighted by Crippen LogP contribution is -2.49. The third kappa shape index (κ3) is 4.40. The van der Waals surface area contributed by atoms with Crippen LogP contribution in [0.4, 0.5) is 0 Å². The highest BCUT2D eigenvalue weighted by Crippen LogP contribution is 2.24. The molecule has 0 N–H and O–H groups in total. The van der Waals surface area contributed by atoms with Gasteiger partial charge in [0, 0.05) is 13.1 Å². The number of morpholine rings is 1. The van der Waals surface area contributed by atoms with Gasteiger partial charge in [-0.2, -0.15) is 0 Å². The number of fused-ring (bicyclic) bond motifs is 1. The predicted octanol–water partition coefficient (Wildman–Crippen LogP) is 2.28. The largest absolute Gasteiger partial charge is 0.452 e. The Balaban J connectivity index is 1.38. The Kier molecular flexibility index (Phi) is 6.05. The second kappa shape index (κ2) is 8.92. The zero-order chi connectivity index (χ0) is 22.8. The SMILES string of the molecule is C[C@H]1CN(C(=O)COC(=O)c2cccc(CN3C(=O)c4ccccc4C3=O)c2)C[C@H](C)O1. The summed E-state index contributed by atoms with van der Waals surface area (Å²) in [6.07, 6.45) is -0.144. The van der Waals surface area contributed by atoms with Gasteiger partial charge in [0.15, 0.2) is 6.61 Å². The molecular weight excluding hydrogens is 412 g/mol. The average molecular weight is 436 g/mol. The van der Waals surface area contributed by atoms with Crippen LogP contribution in [0.2, 0.25) is 0 Å². The first-order valence-corrected chi connectivity index (χ1v) is 10.5. The Labute approximate surface area is 185 Å². The highest BCUT2D eigenvalue weighted by atomic mass is 16.5. The zero-order valence-corrected chi connectivity index (χ0v) is 17.9. The average Bonchev–Trinajstić information content (AvgIpc) is 3.02. The van der Waals surface area contributed by atoms with Gasteiger partial charge < -0.3 is 14.4 Å². The maximum atomic E-state index is 12.6. The summed E-state index contributed by atoms with van der Waals surface area (Å²) in [7, 11) is 0. The molecule has 2 aromatic rings. The van der Waals surface area contributed by atoms with Crippen molar-refractivity contribution in [1.29, 1.82) is 0 Å². The summed E-state index contributed by atoms with van der Waals surface area (Å²) in [5.41, 5.74) is 1.60. The molecule has 8 nitrogen and oxygen atoms in total. The number of benzene rings is 2. The summed E-state index contributed by atoms with van der Waals surface area (Å²) in [5, 5.41) is 0. The molecule has 166 valence electrons. The Morgan fingerprint density at radius 2 is 1.59 bits per heavy atom. The summed E-state index contributed by atoms with van der Waals surface area (Å²) in [6, 6.07) is 13.2. The fraction of sp³-hybridized carbons (Fsp3) is 0.333.